The third-order valence-electron chi connectivity index (χ3n) is 2.59. The molecule has 6 heteroatoms. The first-order valence-electron chi connectivity index (χ1n) is 5.38. The van der Waals surface area contributed by atoms with Crippen LogP contribution in [0.4, 0.5) is 0 Å². The van der Waals surface area contributed by atoms with Crippen LogP contribution in [0.1, 0.15) is 21.7 Å². The SMILES string of the molecule is COCc1c(C(=O)O)nnn1-c1ccccc1C. The number of carbonyl (C=O) groups is 1. The number of carboxylic acid groups (broad SMARTS) is 1. The Balaban J connectivity index is 2.58. The maximum absolute atomic E-state index is 11.1. The number of methoxy groups -OCH3 is 1. The first-order chi connectivity index (χ1) is 8.65. The first kappa shape index (κ1) is 12.3. The number of benzene rings is 1. The van der Waals surface area contributed by atoms with Crippen molar-refractivity contribution in [3.63, 3.8) is 0 Å². The smallest absolute Gasteiger partial charge is 0.358 e. The second-order valence-electron chi connectivity index (χ2n) is 3.82. The Morgan fingerprint density at radius 1 is 1.44 bits per heavy atom. The van der Waals surface area contributed by atoms with Gasteiger partial charge < -0.3 is 9.84 Å². The highest BCUT2D eigenvalue weighted by Gasteiger charge is 2.20. The number of aromatic nitrogens is 3. The van der Waals surface area contributed by atoms with Gasteiger partial charge in [0.25, 0.3) is 0 Å². The van der Waals surface area contributed by atoms with Crippen LogP contribution in [0.2, 0.25) is 0 Å². The number of carboxylic acids is 1. The summed E-state index contributed by atoms with van der Waals surface area (Å²) < 4.78 is 6.52. The van der Waals surface area contributed by atoms with Gasteiger partial charge in [-0.2, -0.15) is 0 Å². The van der Waals surface area contributed by atoms with Crippen molar-refractivity contribution in [1.29, 1.82) is 0 Å². The van der Waals surface area contributed by atoms with Gasteiger partial charge in [-0.3, -0.25) is 0 Å². The number of hydrogen-bond donors (Lipinski definition) is 1. The van der Waals surface area contributed by atoms with Gasteiger partial charge in [0.1, 0.15) is 5.69 Å². The lowest BCUT2D eigenvalue weighted by molar-refractivity contribution is 0.0685. The van der Waals surface area contributed by atoms with E-state index in [1.165, 1.54) is 11.8 Å². The summed E-state index contributed by atoms with van der Waals surface area (Å²) >= 11 is 0. The number of hydrogen-bond acceptors (Lipinski definition) is 4. The van der Waals surface area contributed by atoms with Crippen LogP contribution in [-0.4, -0.2) is 33.2 Å². The zero-order valence-corrected chi connectivity index (χ0v) is 10.1. The molecule has 0 aliphatic carbocycles. The largest absolute Gasteiger partial charge is 0.476 e. The molecule has 1 aromatic carbocycles. The van der Waals surface area contributed by atoms with Crippen molar-refractivity contribution >= 4 is 5.97 Å². The highest BCUT2D eigenvalue weighted by atomic mass is 16.5. The second kappa shape index (κ2) is 4.97. The standard InChI is InChI=1S/C12H13N3O3/c1-8-5-3-4-6-9(8)15-10(7-18-2)11(12(16)17)13-14-15/h3-6H,7H2,1-2H3,(H,16,17). The van der Waals surface area contributed by atoms with Crippen molar-refractivity contribution in [1.82, 2.24) is 15.0 Å². The Morgan fingerprint density at radius 2 is 2.17 bits per heavy atom. The summed E-state index contributed by atoms with van der Waals surface area (Å²) in [6.45, 7) is 2.07. The number of nitrogens with zero attached hydrogens (tertiary/aromatic N) is 3. The van der Waals surface area contributed by atoms with Crippen molar-refractivity contribution in [2.75, 3.05) is 7.11 Å². The van der Waals surface area contributed by atoms with Crippen LogP contribution in [0.5, 0.6) is 0 Å². The third-order valence-corrected chi connectivity index (χ3v) is 2.59. The van der Waals surface area contributed by atoms with Gasteiger partial charge in [-0.25, -0.2) is 9.48 Å². The van der Waals surface area contributed by atoms with E-state index in [1.807, 2.05) is 31.2 Å². The molecule has 0 saturated heterocycles. The number of rotatable bonds is 4. The van der Waals surface area contributed by atoms with E-state index in [2.05, 4.69) is 10.3 Å². The minimum atomic E-state index is -1.11. The van der Waals surface area contributed by atoms with E-state index in [1.54, 1.807) is 0 Å². The molecule has 0 aliphatic heterocycles. The molecule has 0 fully saturated rings. The molecule has 1 heterocycles. The molecular formula is C12H13N3O3. The molecule has 18 heavy (non-hydrogen) atoms. The van der Waals surface area contributed by atoms with Crippen molar-refractivity contribution in [3.05, 3.63) is 41.2 Å². The Labute approximate surface area is 104 Å². The van der Waals surface area contributed by atoms with Gasteiger partial charge in [0.15, 0.2) is 5.69 Å². The van der Waals surface area contributed by atoms with Crippen LogP contribution in [-0.2, 0) is 11.3 Å². The average molecular weight is 247 g/mol. The van der Waals surface area contributed by atoms with E-state index in [4.69, 9.17) is 9.84 Å². The van der Waals surface area contributed by atoms with Gasteiger partial charge in [0.05, 0.1) is 12.3 Å². The molecule has 2 rings (SSSR count). The minimum Gasteiger partial charge on any atom is -0.476 e. The molecule has 0 atom stereocenters. The van der Waals surface area contributed by atoms with Crippen LogP contribution >= 0.6 is 0 Å². The zero-order chi connectivity index (χ0) is 13.1. The van der Waals surface area contributed by atoms with Crippen LogP contribution in [0.25, 0.3) is 5.69 Å². The highest BCUT2D eigenvalue weighted by Crippen LogP contribution is 2.17. The molecule has 1 aromatic heterocycles. The fraction of sp³-hybridized carbons (Fsp3) is 0.250. The lowest BCUT2D eigenvalue weighted by Gasteiger charge is -2.08. The monoisotopic (exact) mass is 247 g/mol. The molecule has 0 radical (unpaired) electrons. The van der Waals surface area contributed by atoms with Gasteiger partial charge in [-0.15, -0.1) is 5.10 Å². The Bertz CT molecular complexity index is 578. The van der Waals surface area contributed by atoms with Crippen LogP contribution in [0, 0.1) is 6.92 Å². The van der Waals surface area contributed by atoms with Crippen molar-refractivity contribution in [2.24, 2.45) is 0 Å². The van der Waals surface area contributed by atoms with Crippen LogP contribution in [0.15, 0.2) is 24.3 Å². The van der Waals surface area contributed by atoms with E-state index < -0.39 is 5.97 Å². The predicted molar refractivity (Wildman–Crippen MR) is 63.8 cm³/mol. The topological polar surface area (TPSA) is 77.2 Å². The minimum absolute atomic E-state index is 0.0832. The molecule has 2 aromatic rings. The Hall–Kier alpha value is -2.21. The lowest BCUT2D eigenvalue weighted by Crippen LogP contribution is -2.08. The molecule has 1 N–H and O–H groups in total. The van der Waals surface area contributed by atoms with Gasteiger partial charge >= 0.3 is 5.97 Å². The quantitative estimate of drug-likeness (QED) is 0.884. The Morgan fingerprint density at radius 3 is 2.78 bits per heavy atom. The molecular weight excluding hydrogens is 234 g/mol. The normalized spacial score (nSPS) is 10.6. The van der Waals surface area contributed by atoms with Gasteiger partial charge in [-0.1, -0.05) is 23.4 Å². The van der Waals surface area contributed by atoms with Crippen molar-refractivity contribution in [2.45, 2.75) is 13.5 Å². The van der Waals surface area contributed by atoms with Crippen LogP contribution in [0.3, 0.4) is 0 Å². The van der Waals surface area contributed by atoms with E-state index in [0.29, 0.717) is 5.69 Å². The molecule has 0 spiro atoms. The predicted octanol–water partition coefficient (Wildman–Crippen LogP) is 1.42. The second-order valence-corrected chi connectivity index (χ2v) is 3.82. The molecule has 0 unspecified atom stereocenters. The van der Waals surface area contributed by atoms with Crippen LogP contribution < -0.4 is 0 Å². The van der Waals surface area contributed by atoms with Gasteiger partial charge in [0.2, 0.25) is 0 Å². The average Bonchev–Trinajstić information content (AvgIpc) is 2.74. The number of ether oxygens (including phenoxy) is 1. The highest BCUT2D eigenvalue weighted by molar-refractivity contribution is 5.86. The van der Waals surface area contributed by atoms with Gasteiger partial charge in [0, 0.05) is 7.11 Å². The summed E-state index contributed by atoms with van der Waals surface area (Å²) in [5.41, 5.74) is 2.13. The van der Waals surface area contributed by atoms with Gasteiger partial charge in [-0.05, 0) is 18.6 Å². The number of para-hydroxylation sites is 1. The summed E-state index contributed by atoms with van der Waals surface area (Å²) in [5.74, 6) is -1.11. The summed E-state index contributed by atoms with van der Waals surface area (Å²) in [7, 11) is 1.50. The fourth-order valence-corrected chi connectivity index (χ4v) is 1.73. The Kier molecular flexibility index (Phi) is 3.38. The molecule has 0 aliphatic rings. The lowest BCUT2D eigenvalue weighted by atomic mass is 10.2. The summed E-state index contributed by atoms with van der Waals surface area (Å²) in [6, 6.07) is 7.55. The maximum atomic E-state index is 11.1. The maximum Gasteiger partial charge on any atom is 0.358 e. The molecule has 0 bridgehead atoms. The molecule has 6 nitrogen and oxygen atoms in total. The van der Waals surface area contributed by atoms with E-state index in [-0.39, 0.29) is 12.3 Å². The van der Waals surface area contributed by atoms with E-state index in [0.717, 1.165) is 11.3 Å². The molecule has 0 amide bonds. The van der Waals surface area contributed by atoms with Crippen molar-refractivity contribution in [3.8, 4) is 5.69 Å². The fourth-order valence-electron chi connectivity index (χ4n) is 1.73. The summed E-state index contributed by atoms with van der Waals surface area (Å²) in [4.78, 5) is 11.1. The summed E-state index contributed by atoms with van der Waals surface area (Å²) in [5, 5.41) is 16.6. The third kappa shape index (κ3) is 2.10. The van der Waals surface area contributed by atoms with E-state index in [9.17, 15) is 4.79 Å². The number of aromatic carboxylic acids is 1. The summed E-state index contributed by atoms with van der Waals surface area (Å²) in [6.07, 6.45) is 0. The number of aryl methyl sites for hydroxylation is 1. The van der Waals surface area contributed by atoms with E-state index >= 15 is 0 Å². The molecule has 94 valence electrons. The molecule has 0 saturated carbocycles. The first-order valence-corrected chi connectivity index (χ1v) is 5.38. The van der Waals surface area contributed by atoms with Crippen molar-refractivity contribution < 1.29 is 14.6 Å². The zero-order valence-electron chi connectivity index (χ0n) is 10.1.